The third-order valence-electron chi connectivity index (χ3n) is 2.47. The Morgan fingerprint density at radius 3 is 3.07 bits per heavy atom. The standard InChI is InChI=1S/C11H23NO3/c1-10(8-13-2)12-5-3-6-15-11-4-7-14-9-11/h10-12H,3-9H2,1-2H3. The maximum absolute atomic E-state index is 5.65. The van der Waals surface area contributed by atoms with Gasteiger partial charge in [0.2, 0.25) is 0 Å². The maximum Gasteiger partial charge on any atom is 0.0830 e. The van der Waals surface area contributed by atoms with E-state index in [4.69, 9.17) is 14.2 Å². The number of methoxy groups -OCH3 is 1. The first kappa shape index (κ1) is 12.9. The molecule has 1 rings (SSSR count). The molecule has 90 valence electrons. The Kier molecular flexibility index (Phi) is 6.92. The molecule has 0 aromatic carbocycles. The van der Waals surface area contributed by atoms with Gasteiger partial charge in [-0.15, -0.1) is 0 Å². The zero-order valence-corrected chi connectivity index (χ0v) is 9.83. The Labute approximate surface area is 92.3 Å². The van der Waals surface area contributed by atoms with Crippen LogP contribution >= 0.6 is 0 Å². The van der Waals surface area contributed by atoms with E-state index in [-0.39, 0.29) is 0 Å². The summed E-state index contributed by atoms with van der Waals surface area (Å²) in [5.41, 5.74) is 0. The van der Waals surface area contributed by atoms with Crippen molar-refractivity contribution in [3.05, 3.63) is 0 Å². The van der Waals surface area contributed by atoms with E-state index in [2.05, 4.69) is 12.2 Å². The van der Waals surface area contributed by atoms with Crippen LogP contribution in [0.5, 0.6) is 0 Å². The molecule has 0 radical (unpaired) electrons. The zero-order valence-electron chi connectivity index (χ0n) is 9.83. The topological polar surface area (TPSA) is 39.7 Å². The normalized spacial score (nSPS) is 23.2. The van der Waals surface area contributed by atoms with Crippen molar-refractivity contribution in [1.29, 1.82) is 0 Å². The van der Waals surface area contributed by atoms with Crippen LogP contribution in [0.4, 0.5) is 0 Å². The van der Waals surface area contributed by atoms with E-state index in [1.807, 2.05) is 0 Å². The lowest BCUT2D eigenvalue weighted by atomic mass is 10.3. The smallest absolute Gasteiger partial charge is 0.0830 e. The molecule has 0 aliphatic carbocycles. The van der Waals surface area contributed by atoms with Crippen LogP contribution in [0.15, 0.2) is 0 Å². The summed E-state index contributed by atoms with van der Waals surface area (Å²) in [7, 11) is 1.72. The summed E-state index contributed by atoms with van der Waals surface area (Å²) in [5, 5.41) is 3.37. The molecule has 1 aliphatic heterocycles. The zero-order chi connectivity index (χ0) is 10.9. The molecular formula is C11H23NO3. The molecule has 2 unspecified atom stereocenters. The summed E-state index contributed by atoms with van der Waals surface area (Å²) in [5.74, 6) is 0. The van der Waals surface area contributed by atoms with Gasteiger partial charge in [0.25, 0.3) is 0 Å². The second-order valence-electron chi connectivity index (χ2n) is 4.02. The lowest BCUT2D eigenvalue weighted by Crippen LogP contribution is -2.31. The molecule has 15 heavy (non-hydrogen) atoms. The average molecular weight is 217 g/mol. The average Bonchev–Trinajstić information content (AvgIpc) is 2.70. The van der Waals surface area contributed by atoms with Crippen LogP contribution in [0.25, 0.3) is 0 Å². The molecule has 0 amide bonds. The number of rotatable bonds is 8. The van der Waals surface area contributed by atoms with Gasteiger partial charge in [-0.3, -0.25) is 0 Å². The molecule has 0 aromatic heterocycles. The highest BCUT2D eigenvalue weighted by atomic mass is 16.5. The van der Waals surface area contributed by atoms with Crippen LogP contribution in [0, 0.1) is 0 Å². The molecule has 0 spiro atoms. The summed E-state index contributed by atoms with van der Waals surface area (Å²) >= 11 is 0. The van der Waals surface area contributed by atoms with Crippen molar-refractivity contribution >= 4 is 0 Å². The van der Waals surface area contributed by atoms with Gasteiger partial charge >= 0.3 is 0 Å². The molecule has 4 nitrogen and oxygen atoms in total. The molecule has 1 N–H and O–H groups in total. The molecule has 0 aromatic rings. The van der Waals surface area contributed by atoms with Crippen LogP contribution < -0.4 is 5.32 Å². The summed E-state index contributed by atoms with van der Waals surface area (Å²) in [6.45, 7) is 6.31. The van der Waals surface area contributed by atoms with Crippen molar-refractivity contribution in [2.45, 2.75) is 31.9 Å². The fourth-order valence-corrected chi connectivity index (χ4v) is 1.62. The Bertz CT molecular complexity index is 149. The Morgan fingerprint density at radius 1 is 1.53 bits per heavy atom. The molecule has 2 atom stereocenters. The highest BCUT2D eigenvalue weighted by Crippen LogP contribution is 2.07. The van der Waals surface area contributed by atoms with E-state index in [0.29, 0.717) is 12.1 Å². The van der Waals surface area contributed by atoms with Gasteiger partial charge in [0.15, 0.2) is 0 Å². The second kappa shape index (κ2) is 8.05. The van der Waals surface area contributed by atoms with Gasteiger partial charge in [0.05, 0.1) is 19.3 Å². The first-order chi connectivity index (χ1) is 7.33. The molecular weight excluding hydrogens is 194 g/mol. The lowest BCUT2D eigenvalue weighted by Gasteiger charge is -2.13. The van der Waals surface area contributed by atoms with Crippen LogP contribution in [0.1, 0.15) is 19.8 Å². The van der Waals surface area contributed by atoms with Gasteiger partial charge in [0, 0.05) is 26.4 Å². The van der Waals surface area contributed by atoms with E-state index >= 15 is 0 Å². The number of ether oxygens (including phenoxy) is 3. The predicted molar refractivity (Wildman–Crippen MR) is 59.1 cm³/mol. The highest BCUT2D eigenvalue weighted by Gasteiger charge is 2.15. The predicted octanol–water partition coefficient (Wildman–Crippen LogP) is 0.806. The van der Waals surface area contributed by atoms with E-state index in [9.17, 15) is 0 Å². The molecule has 1 heterocycles. The minimum absolute atomic E-state index is 0.335. The minimum atomic E-state index is 0.335. The third kappa shape index (κ3) is 6.10. The van der Waals surface area contributed by atoms with Crippen molar-refractivity contribution in [1.82, 2.24) is 5.32 Å². The molecule has 0 saturated carbocycles. The van der Waals surface area contributed by atoms with Crippen LogP contribution in [0.2, 0.25) is 0 Å². The largest absolute Gasteiger partial charge is 0.383 e. The maximum atomic E-state index is 5.65. The number of hydrogen-bond donors (Lipinski definition) is 1. The number of hydrogen-bond acceptors (Lipinski definition) is 4. The van der Waals surface area contributed by atoms with Gasteiger partial charge in [-0.05, 0) is 26.3 Å². The van der Waals surface area contributed by atoms with Crippen LogP contribution in [0.3, 0.4) is 0 Å². The quantitative estimate of drug-likeness (QED) is 0.611. The molecule has 1 aliphatic rings. The minimum Gasteiger partial charge on any atom is -0.383 e. The monoisotopic (exact) mass is 217 g/mol. The van der Waals surface area contributed by atoms with E-state index in [1.165, 1.54) is 0 Å². The summed E-state index contributed by atoms with van der Waals surface area (Å²) in [6.07, 6.45) is 2.43. The van der Waals surface area contributed by atoms with Gasteiger partial charge in [-0.25, -0.2) is 0 Å². The number of nitrogens with one attached hydrogen (secondary N) is 1. The van der Waals surface area contributed by atoms with Gasteiger partial charge in [0.1, 0.15) is 0 Å². The fraction of sp³-hybridized carbons (Fsp3) is 1.00. The van der Waals surface area contributed by atoms with Crippen molar-refractivity contribution in [3.8, 4) is 0 Å². The Hall–Kier alpha value is -0.160. The third-order valence-corrected chi connectivity index (χ3v) is 2.47. The Balaban J connectivity index is 1.84. The van der Waals surface area contributed by atoms with Crippen molar-refractivity contribution in [3.63, 3.8) is 0 Å². The highest BCUT2D eigenvalue weighted by molar-refractivity contribution is 4.63. The molecule has 1 saturated heterocycles. The molecule has 0 bridgehead atoms. The Morgan fingerprint density at radius 2 is 2.40 bits per heavy atom. The fourth-order valence-electron chi connectivity index (χ4n) is 1.62. The first-order valence-electron chi connectivity index (χ1n) is 5.74. The van der Waals surface area contributed by atoms with Gasteiger partial charge in [-0.1, -0.05) is 0 Å². The van der Waals surface area contributed by atoms with Gasteiger partial charge in [-0.2, -0.15) is 0 Å². The van der Waals surface area contributed by atoms with Crippen molar-refractivity contribution in [2.75, 3.05) is 40.1 Å². The van der Waals surface area contributed by atoms with Gasteiger partial charge < -0.3 is 19.5 Å². The SMILES string of the molecule is COCC(C)NCCCOC1CCOC1. The van der Waals surface area contributed by atoms with Crippen molar-refractivity contribution in [2.24, 2.45) is 0 Å². The van der Waals surface area contributed by atoms with Crippen LogP contribution in [-0.2, 0) is 14.2 Å². The summed E-state index contributed by atoms with van der Waals surface area (Å²) in [6, 6.07) is 0.421. The van der Waals surface area contributed by atoms with E-state index in [0.717, 1.165) is 45.8 Å². The first-order valence-corrected chi connectivity index (χ1v) is 5.74. The summed E-state index contributed by atoms with van der Waals surface area (Å²) < 4.78 is 15.9. The second-order valence-corrected chi connectivity index (χ2v) is 4.02. The summed E-state index contributed by atoms with van der Waals surface area (Å²) in [4.78, 5) is 0. The van der Waals surface area contributed by atoms with E-state index in [1.54, 1.807) is 7.11 Å². The molecule has 1 fully saturated rings. The van der Waals surface area contributed by atoms with Crippen LogP contribution in [-0.4, -0.2) is 52.2 Å². The lowest BCUT2D eigenvalue weighted by molar-refractivity contribution is 0.0411. The molecule has 4 heteroatoms. The van der Waals surface area contributed by atoms with E-state index < -0.39 is 0 Å². The van der Waals surface area contributed by atoms with Crippen molar-refractivity contribution < 1.29 is 14.2 Å².